The van der Waals surface area contributed by atoms with Crippen molar-refractivity contribution in [3.8, 4) is 5.75 Å². The van der Waals surface area contributed by atoms with E-state index in [0.717, 1.165) is 64.2 Å². The Morgan fingerprint density at radius 2 is 1.94 bits per heavy atom. The molecule has 3 rings (SSSR count). The van der Waals surface area contributed by atoms with Gasteiger partial charge in [-0.1, -0.05) is 12.1 Å². The van der Waals surface area contributed by atoms with E-state index in [0.29, 0.717) is 18.0 Å². The number of rotatable bonds is 8. The van der Waals surface area contributed by atoms with E-state index in [9.17, 15) is 0 Å². The second-order valence-corrected chi connectivity index (χ2v) is 8.70. The molecule has 2 saturated heterocycles. The van der Waals surface area contributed by atoms with Crippen molar-refractivity contribution in [2.75, 3.05) is 66.6 Å². The SMILES string of the molecule is CCNC(=NCC(C)N1CCOCC1)NCC1CCCN(C)C1c1ccc(OC)cc1. The summed E-state index contributed by atoms with van der Waals surface area (Å²) in [7, 11) is 3.96. The van der Waals surface area contributed by atoms with Crippen molar-refractivity contribution in [1.82, 2.24) is 20.4 Å². The van der Waals surface area contributed by atoms with Gasteiger partial charge < -0.3 is 20.1 Å². The van der Waals surface area contributed by atoms with E-state index in [4.69, 9.17) is 14.5 Å². The Balaban J connectivity index is 1.61. The molecule has 2 heterocycles. The smallest absolute Gasteiger partial charge is 0.191 e. The van der Waals surface area contributed by atoms with Crippen LogP contribution in [0, 0.1) is 5.92 Å². The van der Waals surface area contributed by atoms with Crippen LogP contribution in [0.1, 0.15) is 38.3 Å². The lowest BCUT2D eigenvalue weighted by Gasteiger charge is -2.40. The number of methoxy groups -OCH3 is 1. The maximum atomic E-state index is 5.47. The zero-order valence-corrected chi connectivity index (χ0v) is 19.8. The molecule has 1 aromatic carbocycles. The van der Waals surface area contributed by atoms with Crippen molar-refractivity contribution in [1.29, 1.82) is 0 Å². The zero-order chi connectivity index (χ0) is 22.1. The van der Waals surface area contributed by atoms with E-state index in [1.807, 2.05) is 0 Å². The number of morpholine rings is 1. The van der Waals surface area contributed by atoms with Crippen LogP contribution in [-0.2, 0) is 4.74 Å². The second kappa shape index (κ2) is 12.3. The molecule has 2 aliphatic rings. The molecular weight excluding hydrogens is 390 g/mol. The van der Waals surface area contributed by atoms with Crippen LogP contribution in [0.4, 0.5) is 0 Å². The fraction of sp³-hybridized carbons (Fsp3) is 0.708. The zero-order valence-electron chi connectivity index (χ0n) is 19.8. The lowest BCUT2D eigenvalue weighted by molar-refractivity contribution is 0.0220. The summed E-state index contributed by atoms with van der Waals surface area (Å²) in [5, 5.41) is 7.06. The quantitative estimate of drug-likeness (QED) is 0.487. The summed E-state index contributed by atoms with van der Waals surface area (Å²) in [5.74, 6) is 2.37. The Bertz CT molecular complexity index is 675. The first-order valence-electron chi connectivity index (χ1n) is 11.8. The average Bonchev–Trinajstić information content (AvgIpc) is 2.81. The molecule has 0 aromatic heterocycles. The fourth-order valence-corrected chi connectivity index (χ4v) is 4.73. The molecule has 31 heavy (non-hydrogen) atoms. The van der Waals surface area contributed by atoms with Crippen molar-refractivity contribution in [2.24, 2.45) is 10.9 Å². The average molecular weight is 432 g/mol. The highest BCUT2D eigenvalue weighted by atomic mass is 16.5. The van der Waals surface area contributed by atoms with Gasteiger partial charge >= 0.3 is 0 Å². The molecule has 3 unspecified atom stereocenters. The van der Waals surface area contributed by atoms with E-state index in [-0.39, 0.29) is 0 Å². The Labute approximate surface area is 188 Å². The molecule has 0 amide bonds. The topological polar surface area (TPSA) is 61.4 Å². The van der Waals surface area contributed by atoms with Crippen LogP contribution in [0.3, 0.4) is 0 Å². The molecule has 0 bridgehead atoms. The number of piperidine rings is 1. The van der Waals surface area contributed by atoms with Gasteiger partial charge in [0.1, 0.15) is 5.75 Å². The summed E-state index contributed by atoms with van der Waals surface area (Å²) in [6.45, 7) is 11.7. The number of nitrogens with one attached hydrogen (secondary N) is 2. The number of guanidine groups is 1. The minimum absolute atomic E-state index is 0.405. The molecule has 3 atom stereocenters. The van der Waals surface area contributed by atoms with Crippen LogP contribution >= 0.6 is 0 Å². The van der Waals surface area contributed by atoms with Gasteiger partial charge in [-0.15, -0.1) is 0 Å². The van der Waals surface area contributed by atoms with Crippen LogP contribution in [0.15, 0.2) is 29.3 Å². The third kappa shape index (κ3) is 6.82. The summed E-state index contributed by atoms with van der Waals surface area (Å²) < 4.78 is 10.8. The molecule has 0 saturated carbocycles. The van der Waals surface area contributed by atoms with Crippen molar-refractivity contribution < 1.29 is 9.47 Å². The maximum Gasteiger partial charge on any atom is 0.191 e. The number of likely N-dealkylation sites (tertiary alicyclic amines) is 1. The van der Waals surface area contributed by atoms with E-state index in [2.05, 4.69) is 65.6 Å². The fourth-order valence-electron chi connectivity index (χ4n) is 4.73. The van der Waals surface area contributed by atoms with Gasteiger partial charge in [0.15, 0.2) is 5.96 Å². The van der Waals surface area contributed by atoms with Crippen LogP contribution in [0.2, 0.25) is 0 Å². The minimum atomic E-state index is 0.405. The highest BCUT2D eigenvalue weighted by molar-refractivity contribution is 5.79. The molecule has 0 spiro atoms. The Morgan fingerprint density at radius 1 is 1.19 bits per heavy atom. The van der Waals surface area contributed by atoms with E-state index in [1.54, 1.807) is 7.11 Å². The number of benzene rings is 1. The lowest BCUT2D eigenvalue weighted by atomic mass is 9.85. The summed E-state index contributed by atoms with van der Waals surface area (Å²) in [6.07, 6.45) is 2.45. The molecule has 2 N–H and O–H groups in total. The third-order valence-electron chi connectivity index (χ3n) is 6.52. The number of aliphatic imine (C=N–C) groups is 1. The molecule has 2 aliphatic heterocycles. The predicted molar refractivity (Wildman–Crippen MR) is 127 cm³/mol. The van der Waals surface area contributed by atoms with Crippen LogP contribution in [0.5, 0.6) is 5.75 Å². The molecule has 174 valence electrons. The largest absolute Gasteiger partial charge is 0.497 e. The van der Waals surface area contributed by atoms with Gasteiger partial charge in [-0.2, -0.15) is 0 Å². The van der Waals surface area contributed by atoms with Crippen molar-refractivity contribution in [2.45, 2.75) is 38.8 Å². The summed E-state index contributed by atoms with van der Waals surface area (Å²) >= 11 is 0. The van der Waals surface area contributed by atoms with Gasteiger partial charge in [0.05, 0.1) is 26.9 Å². The first-order chi connectivity index (χ1) is 15.1. The van der Waals surface area contributed by atoms with Crippen LogP contribution in [0.25, 0.3) is 0 Å². The van der Waals surface area contributed by atoms with Gasteiger partial charge in [-0.3, -0.25) is 14.8 Å². The van der Waals surface area contributed by atoms with Crippen molar-refractivity contribution in [3.63, 3.8) is 0 Å². The lowest BCUT2D eigenvalue weighted by Crippen LogP contribution is -2.46. The Hall–Kier alpha value is -1.83. The number of hydrogen-bond donors (Lipinski definition) is 2. The first-order valence-corrected chi connectivity index (χ1v) is 11.8. The van der Waals surface area contributed by atoms with Crippen molar-refractivity contribution >= 4 is 5.96 Å². The van der Waals surface area contributed by atoms with Gasteiger partial charge in [0.2, 0.25) is 0 Å². The maximum absolute atomic E-state index is 5.47. The van der Waals surface area contributed by atoms with Gasteiger partial charge in [-0.25, -0.2) is 0 Å². The summed E-state index contributed by atoms with van der Waals surface area (Å²) in [4.78, 5) is 9.85. The minimum Gasteiger partial charge on any atom is -0.497 e. The molecule has 2 fully saturated rings. The molecular formula is C24H41N5O2. The second-order valence-electron chi connectivity index (χ2n) is 8.70. The Kier molecular flexibility index (Phi) is 9.43. The molecule has 0 radical (unpaired) electrons. The highest BCUT2D eigenvalue weighted by Crippen LogP contribution is 2.35. The van der Waals surface area contributed by atoms with Gasteiger partial charge in [0, 0.05) is 38.3 Å². The first kappa shape index (κ1) is 23.8. The molecule has 7 heteroatoms. The van der Waals surface area contributed by atoms with Gasteiger partial charge in [-0.05, 0) is 63.9 Å². The van der Waals surface area contributed by atoms with E-state index in [1.165, 1.54) is 18.4 Å². The number of ether oxygens (including phenoxy) is 2. The molecule has 0 aliphatic carbocycles. The third-order valence-corrected chi connectivity index (χ3v) is 6.52. The van der Waals surface area contributed by atoms with Crippen LogP contribution in [-0.4, -0.2) is 88.4 Å². The molecule has 7 nitrogen and oxygen atoms in total. The van der Waals surface area contributed by atoms with Crippen LogP contribution < -0.4 is 15.4 Å². The highest BCUT2D eigenvalue weighted by Gasteiger charge is 2.30. The Morgan fingerprint density at radius 3 is 2.61 bits per heavy atom. The number of nitrogens with zero attached hydrogens (tertiary/aromatic N) is 3. The monoisotopic (exact) mass is 431 g/mol. The normalized spacial score (nSPS) is 24.6. The summed E-state index contributed by atoms with van der Waals surface area (Å²) in [5.41, 5.74) is 1.36. The van der Waals surface area contributed by atoms with Gasteiger partial charge in [0.25, 0.3) is 0 Å². The standard InChI is InChI=1S/C24H41N5O2/c1-5-25-24(26-17-19(2)29-13-15-31-16-14-29)27-18-21-7-6-12-28(3)23(21)20-8-10-22(30-4)11-9-20/h8-11,19,21,23H,5-7,12-18H2,1-4H3,(H2,25,26,27). The summed E-state index contributed by atoms with van der Waals surface area (Å²) in [6, 6.07) is 9.39. The number of hydrogen-bond acceptors (Lipinski definition) is 5. The van der Waals surface area contributed by atoms with E-state index < -0.39 is 0 Å². The van der Waals surface area contributed by atoms with E-state index >= 15 is 0 Å². The molecule has 1 aromatic rings. The predicted octanol–water partition coefficient (Wildman–Crippen LogP) is 2.35. The van der Waals surface area contributed by atoms with Crippen molar-refractivity contribution in [3.05, 3.63) is 29.8 Å².